The van der Waals surface area contributed by atoms with E-state index in [0.717, 1.165) is 17.3 Å². The third-order valence-corrected chi connectivity index (χ3v) is 4.90. The van der Waals surface area contributed by atoms with E-state index in [9.17, 15) is 19.7 Å². The Hall–Kier alpha value is -2.58. The molecule has 1 N–H and O–H groups in total. The van der Waals surface area contributed by atoms with Gasteiger partial charge < -0.3 is 10.1 Å². The molecule has 0 aliphatic rings. The zero-order chi connectivity index (χ0) is 19.8. The van der Waals surface area contributed by atoms with Crippen molar-refractivity contribution in [3.05, 3.63) is 69.2 Å². The van der Waals surface area contributed by atoms with Crippen LogP contribution in [0.5, 0.6) is 0 Å². The van der Waals surface area contributed by atoms with E-state index in [1.54, 1.807) is 42.5 Å². The summed E-state index contributed by atoms with van der Waals surface area (Å²) in [5, 5.41) is 14.1. The number of para-hydroxylation sites is 1. The van der Waals surface area contributed by atoms with Gasteiger partial charge in [0.25, 0.3) is 11.6 Å². The first-order valence-electron chi connectivity index (χ1n) is 7.95. The Labute approximate surface area is 165 Å². The van der Waals surface area contributed by atoms with E-state index < -0.39 is 22.9 Å². The summed E-state index contributed by atoms with van der Waals surface area (Å²) in [5.74, 6) is -1.25. The topological polar surface area (TPSA) is 98.5 Å². The van der Waals surface area contributed by atoms with Crippen molar-refractivity contribution in [3.63, 3.8) is 0 Å². The second-order valence-electron chi connectivity index (χ2n) is 5.45. The molecule has 0 bridgehead atoms. The highest BCUT2D eigenvalue weighted by atomic mass is 35.5. The van der Waals surface area contributed by atoms with Crippen LogP contribution in [-0.2, 0) is 20.9 Å². The number of esters is 1. The van der Waals surface area contributed by atoms with Gasteiger partial charge >= 0.3 is 5.97 Å². The van der Waals surface area contributed by atoms with Crippen LogP contribution in [0.1, 0.15) is 12.5 Å². The quantitative estimate of drug-likeness (QED) is 0.310. The third kappa shape index (κ3) is 6.26. The van der Waals surface area contributed by atoms with Gasteiger partial charge in [-0.15, -0.1) is 11.8 Å². The molecule has 2 rings (SSSR count). The molecule has 1 atom stereocenters. The lowest BCUT2D eigenvalue weighted by atomic mass is 10.2. The van der Waals surface area contributed by atoms with Crippen molar-refractivity contribution in [3.8, 4) is 0 Å². The van der Waals surface area contributed by atoms with Crippen molar-refractivity contribution in [2.75, 3.05) is 5.75 Å². The molecule has 2 aromatic rings. The summed E-state index contributed by atoms with van der Waals surface area (Å²) in [6.07, 6.45) is -0.994. The molecule has 1 amide bonds. The van der Waals surface area contributed by atoms with E-state index in [-0.39, 0.29) is 18.0 Å². The fourth-order valence-electron chi connectivity index (χ4n) is 2.12. The highest BCUT2D eigenvalue weighted by Crippen LogP contribution is 2.28. The predicted molar refractivity (Wildman–Crippen MR) is 103 cm³/mol. The van der Waals surface area contributed by atoms with Gasteiger partial charge in [0.2, 0.25) is 0 Å². The molecule has 0 radical (unpaired) electrons. The van der Waals surface area contributed by atoms with Crippen LogP contribution >= 0.6 is 23.4 Å². The van der Waals surface area contributed by atoms with Crippen LogP contribution < -0.4 is 5.32 Å². The number of nitro benzene ring substituents is 1. The average molecular weight is 409 g/mol. The number of benzene rings is 2. The first kappa shape index (κ1) is 20.7. The third-order valence-electron chi connectivity index (χ3n) is 3.50. The molecule has 9 heteroatoms. The van der Waals surface area contributed by atoms with Crippen molar-refractivity contribution < 1.29 is 19.2 Å². The molecule has 27 heavy (non-hydrogen) atoms. The molecule has 0 aliphatic carbocycles. The van der Waals surface area contributed by atoms with Crippen molar-refractivity contribution in [1.29, 1.82) is 0 Å². The predicted octanol–water partition coefficient (Wildman–Crippen LogP) is 3.59. The number of rotatable bonds is 8. The lowest BCUT2D eigenvalue weighted by Crippen LogP contribution is -2.35. The Bertz CT molecular complexity index is 846. The fourth-order valence-corrected chi connectivity index (χ4v) is 3.13. The largest absolute Gasteiger partial charge is 0.452 e. The maximum atomic E-state index is 12.1. The Balaban J connectivity index is 1.82. The molecular formula is C18H17ClN2O5S. The maximum absolute atomic E-state index is 12.1. The lowest BCUT2D eigenvalue weighted by molar-refractivity contribution is -0.387. The number of amides is 1. The molecule has 0 saturated heterocycles. The summed E-state index contributed by atoms with van der Waals surface area (Å²) in [6.45, 7) is 1.67. The Kier molecular flexibility index (Phi) is 7.63. The van der Waals surface area contributed by atoms with Gasteiger partial charge in [0, 0.05) is 17.6 Å². The van der Waals surface area contributed by atoms with E-state index in [2.05, 4.69) is 5.32 Å². The van der Waals surface area contributed by atoms with Gasteiger partial charge in [-0.2, -0.15) is 0 Å². The Morgan fingerprint density at radius 1 is 1.22 bits per heavy atom. The second-order valence-corrected chi connectivity index (χ2v) is 6.88. The molecule has 0 heterocycles. The van der Waals surface area contributed by atoms with Gasteiger partial charge in [0.1, 0.15) is 0 Å². The molecule has 0 fully saturated rings. The SMILES string of the molecule is C[C@H](OC(=O)CSc1ccccc1[N+](=O)[O-])C(=O)NCc1ccccc1Cl. The average Bonchev–Trinajstić information content (AvgIpc) is 2.65. The van der Waals surface area contributed by atoms with Crippen molar-refractivity contribution in [2.24, 2.45) is 0 Å². The van der Waals surface area contributed by atoms with Crippen LogP contribution in [0.4, 0.5) is 5.69 Å². The number of ether oxygens (including phenoxy) is 1. The van der Waals surface area contributed by atoms with Crippen LogP contribution in [0, 0.1) is 10.1 Å². The number of halogens is 1. The van der Waals surface area contributed by atoms with Gasteiger partial charge in [-0.1, -0.05) is 41.9 Å². The van der Waals surface area contributed by atoms with Crippen molar-refractivity contribution in [2.45, 2.75) is 24.5 Å². The van der Waals surface area contributed by atoms with Gasteiger partial charge in [0.15, 0.2) is 6.10 Å². The Morgan fingerprint density at radius 2 is 1.89 bits per heavy atom. The number of carbonyl (C=O) groups is 2. The van der Waals surface area contributed by atoms with E-state index in [1.165, 1.54) is 13.0 Å². The van der Waals surface area contributed by atoms with E-state index >= 15 is 0 Å². The lowest BCUT2D eigenvalue weighted by Gasteiger charge is -2.14. The highest BCUT2D eigenvalue weighted by molar-refractivity contribution is 8.00. The molecule has 0 spiro atoms. The molecule has 0 unspecified atom stereocenters. The molecule has 0 aromatic heterocycles. The summed E-state index contributed by atoms with van der Waals surface area (Å²) in [4.78, 5) is 34.8. The van der Waals surface area contributed by atoms with Gasteiger partial charge in [-0.25, -0.2) is 0 Å². The van der Waals surface area contributed by atoms with Gasteiger partial charge in [0.05, 0.1) is 15.6 Å². The molecule has 0 saturated carbocycles. The minimum atomic E-state index is -0.994. The van der Waals surface area contributed by atoms with E-state index in [1.807, 2.05) is 0 Å². The fraction of sp³-hybridized carbons (Fsp3) is 0.222. The number of thioether (sulfide) groups is 1. The molecular weight excluding hydrogens is 392 g/mol. The van der Waals surface area contributed by atoms with Gasteiger partial charge in [-0.3, -0.25) is 19.7 Å². The van der Waals surface area contributed by atoms with Crippen molar-refractivity contribution in [1.82, 2.24) is 5.32 Å². The standard InChI is InChI=1S/C18H17ClN2O5S/c1-12(18(23)20-10-13-6-2-3-7-14(13)19)26-17(22)11-27-16-9-5-4-8-15(16)21(24)25/h2-9,12H,10-11H2,1H3,(H,20,23)/t12-/m0/s1. The minimum Gasteiger partial charge on any atom is -0.452 e. The number of nitrogens with one attached hydrogen (secondary N) is 1. The first-order valence-corrected chi connectivity index (χ1v) is 9.31. The number of nitrogens with zero attached hydrogens (tertiary/aromatic N) is 1. The Morgan fingerprint density at radius 3 is 2.59 bits per heavy atom. The number of hydrogen-bond acceptors (Lipinski definition) is 6. The summed E-state index contributed by atoms with van der Waals surface area (Å²) in [7, 11) is 0. The molecule has 7 nitrogen and oxygen atoms in total. The monoisotopic (exact) mass is 408 g/mol. The maximum Gasteiger partial charge on any atom is 0.317 e. The number of nitro groups is 1. The smallest absolute Gasteiger partial charge is 0.317 e. The second kappa shape index (κ2) is 9.94. The molecule has 2 aromatic carbocycles. The van der Waals surface area contributed by atoms with Gasteiger partial charge in [-0.05, 0) is 24.6 Å². The molecule has 0 aliphatic heterocycles. The van der Waals surface area contributed by atoms with Crippen LogP contribution in [0.15, 0.2) is 53.4 Å². The zero-order valence-corrected chi connectivity index (χ0v) is 16.0. The summed E-state index contributed by atoms with van der Waals surface area (Å²) in [6, 6.07) is 13.2. The van der Waals surface area contributed by atoms with E-state index in [4.69, 9.17) is 16.3 Å². The molecule has 142 valence electrons. The van der Waals surface area contributed by atoms with E-state index in [0.29, 0.717) is 9.92 Å². The van der Waals surface area contributed by atoms with Crippen LogP contribution in [0.2, 0.25) is 5.02 Å². The number of hydrogen-bond donors (Lipinski definition) is 1. The highest BCUT2D eigenvalue weighted by Gasteiger charge is 2.19. The van der Waals surface area contributed by atoms with Crippen LogP contribution in [0.25, 0.3) is 0 Å². The zero-order valence-electron chi connectivity index (χ0n) is 14.4. The summed E-state index contributed by atoms with van der Waals surface area (Å²) in [5.41, 5.74) is 0.666. The minimum absolute atomic E-state index is 0.0826. The van der Waals surface area contributed by atoms with Crippen LogP contribution in [-0.4, -0.2) is 28.7 Å². The number of carbonyl (C=O) groups excluding carboxylic acids is 2. The normalized spacial score (nSPS) is 11.5. The van der Waals surface area contributed by atoms with Crippen molar-refractivity contribution >= 4 is 40.9 Å². The summed E-state index contributed by atoms with van der Waals surface area (Å²) >= 11 is 7.00. The summed E-state index contributed by atoms with van der Waals surface area (Å²) < 4.78 is 5.08. The first-order chi connectivity index (χ1) is 12.9. The van der Waals surface area contributed by atoms with Crippen LogP contribution in [0.3, 0.4) is 0 Å².